The van der Waals surface area contributed by atoms with Crippen molar-refractivity contribution in [3.8, 4) is 0 Å². The van der Waals surface area contributed by atoms with Crippen molar-refractivity contribution in [2.45, 2.75) is 21.3 Å². The Balaban J connectivity index is 0.000000810. The number of rotatable bonds is 0. The van der Waals surface area contributed by atoms with Crippen molar-refractivity contribution in [2.75, 3.05) is 5.73 Å². The number of nitrogens with two attached hydrogens (primary N) is 1. The largest absolute Gasteiger partial charge is 0.383 e. The van der Waals surface area contributed by atoms with Gasteiger partial charge in [0.2, 0.25) is 0 Å². The molecule has 2 N–H and O–H groups in total. The van der Waals surface area contributed by atoms with E-state index in [4.69, 9.17) is 5.73 Å². The molecule has 2 nitrogen and oxygen atoms in total. The van der Waals surface area contributed by atoms with Gasteiger partial charge in [-0.3, -0.25) is 0 Å². The van der Waals surface area contributed by atoms with Crippen LogP contribution in [0.15, 0.2) is 12.3 Å². The van der Waals surface area contributed by atoms with E-state index in [-0.39, 0.29) is 7.43 Å². The number of nitrogens with zero attached hydrogens (tertiary/aromatic N) is 1. The summed E-state index contributed by atoms with van der Waals surface area (Å²) in [5.41, 5.74) is 7.68. The molecule has 0 bridgehead atoms. The van der Waals surface area contributed by atoms with Gasteiger partial charge < -0.3 is 5.73 Å². The molecule has 0 aliphatic heterocycles. The summed E-state index contributed by atoms with van der Waals surface area (Å²) in [5, 5.41) is 0. The Kier molecular flexibility index (Phi) is 2.87. The molecule has 1 heterocycles. The Hall–Kier alpha value is -1.05. The zero-order valence-corrected chi connectivity index (χ0v) is 5.68. The number of aryl methyl sites for hydroxylation is 2. The predicted molar refractivity (Wildman–Crippen MR) is 44.9 cm³/mol. The van der Waals surface area contributed by atoms with Gasteiger partial charge in [-0.2, -0.15) is 0 Å². The molecule has 0 aliphatic carbocycles. The van der Waals surface area contributed by atoms with Crippen LogP contribution in [0, 0.1) is 13.8 Å². The molecule has 56 valence electrons. The molecule has 2 heteroatoms. The summed E-state index contributed by atoms with van der Waals surface area (Å²) in [7, 11) is 0. The number of anilines is 1. The van der Waals surface area contributed by atoms with Gasteiger partial charge >= 0.3 is 0 Å². The van der Waals surface area contributed by atoms with Crippen LogP contribution in [0.5, 0.6) is 0 Å². The van der Waals surface area contributed by atoms with Crippen molar-refractivity contribution < 1.29 is 0 Å². The minimum Gasteiger partial charge on any atom is -0.383 e. The second-order valence-corrected chi connectivity index (χ2v) is 2.21. The van der Waals surface area contributed by atoms with E-state index < -0.39 is 0 Å². The normalized spacial score (nSPS) is 8.60. The number of aromatic nitrogens is 1. The summed E-state index contributed by atoms with van der Waals surface area (Å²) >= 11 is 0. The van der Waals surface area contributed by atoms with Gasteiger partial charge in [-0.15, -0.1) is 0 Å². The number of pyridine rings is 1. The van der Waals surface area contributed by atoms with E-state index in [1.807, 2.05) is 19.9 Å². The summed E-state index contributed by atoms with van der Waals surface area (Å²) in [6.07, 6.45) is 1.77. The molecule has 0 aliphatic rings. The molecular weight excluding hydrogens is 124 g/mol. The van der Waals surface area contributed by atoms with Gasteiger partial charge in [0.15, 0.2) is 0 Å². The fourth-order valence-corrected chi connectivity index (χ4v) is 0.726. The maximum absolute atomic E-state index is 5.48. The molecule has 0 saturated carbocycles. The molecular formula is C8H14N2. The van der Waals surface area contributed by atoms with Crippen LogP contribution in [0.1, 0.15) is 18.6 Å². The second kappa shape index (κ2) is 3.20. The molecule has 0 fully saturated rings. The van der Waals surface area contributed by atoms with Crippen molar-refractivity contribution in [1.82, 2.24) is 4.98 Å². The molecule has 0 aromatic carbocycles. The molecule has 1 aromatic heterocycles. The molecule has 0 unspecified atom stereocenters. The van der Waals surface area contributed by atoms with Gasteiger partial charge in [0, 0.05) is 6.20 Å². The van der Waals surface area contributed by atoms with Crippen LogP contribution < -0.4 is 5.73 Å². The Morgan fingerprint density at radius 1 is 1.40 bits per heavy atom. The van der Waals surface area contributed by atoms with E-state index in [2.05, 4.69) is 4.98 Å². The first-order chi connectivity index (χ1) is 4.20. The third-order valence-electron chi connectivity index (χ3n) is 1.26. The zero-order chi connectivity index (χ0) is 6.85. The summed E-state index contributed by atoms with van der Waals surface area (Å²) in [6, 6.07) is 2.02. The predicted octanol–water partition coefficient (Wildman–Crippen LogP) is 1.92. The van der Waals surface area contributed by atoms with Crippen LogP contribution in [0.3, 0.4) is 0 Å². The van der Waals surface area contributed by atoms with Crippen LogP contribution in [0.25, 0.3) is 0 Å². The number of hydrogen-bond acceptors (Lipinski definition) is 2. The van der Waals surface area contributed by atoms with Crippen molar-refractivity contribution in [2.24, 2.45) is 0 Å². The minimum atomic E-state index is 0. The highest BCUT2D eigenvalue weighted by Crippen LogP contribution is 2.06. The van der Waals surface area contributed by atoms with Crippen molar-refractivity contribution >= 4 is 5.82 Å². The van der Waals surface area contributed by atoms with E-state index in [0.29, 0.717) is 5.82 Å². The van der Waals surface area contributed by atoms with E-state index in [9.17, 15) is 0 Å². The maximum Gasteiger partial charge on any atom is 0.126 e. The lowest BCUT2D eigenvalue weighted by molar-refractivity contribution is 1.23. The molecule has 0 amide bonds. The highest BCUT2D eigenvalue weighted by molar-refractivity contribution is 5.39. The highest BCUT2D eigenvalue weighted by Gasteiger charge is 1.91. The smallest absolute Gasteiger partial charge is 0.126 e. The Bertz CT molecular complexity index is 218. The molecule has 1 aromatic rings. The van der Waals surface area contributed by atoms with Crippen molar-refractivity contribution in [1.29, 1.82) is 0 Å². The van der Waals surface area contributed by atoms with Gasteiger partial charge in [0.05, 0.1) is 0 Å². The maximum atomic E-state index is 5.48. The second-order valence-electron chi connectivity index (χ2n) is 2.21. The first kappa shape index (κ1) is 8.95. The lowest BCUT2D eigenvalue weighted by atomic mass is 10.2. The van der Waals surface area contributed by atoms with E-state index in [1.54, 1.807) is 6.20 Å². The first-order valence-corrected chi connectivity index (χ1v) is 2.89. The number of nitrogen functional groups attached to an aromatic ring is 1. The molecule has 10 heavy (non-hydrogen) atoms. The van der Waals surface area contributed by atoms with Crippen LogP contribution in [0.2, 0.25) is 0 Å². The lowest BCUT2D eigenvalue weighted by Crippen LogP contribution is -1.93. The number of hydrogen-bond donors (Lipinski definition) is 1. The van der Waals surface area contributed by atoms with Crippen LogP contribution in [0.4, 0.5) is 5.82 Å². The van der Waals surface area contributed by atoms with Gasteiger partial charge in [-0.1, -0.05) is 13.5 Å². The van der Waals surface area contributed by atoms with E-state index >= 15 is 0 Å². The molecule has 0 spiro atoms. The fraction of sp³-hybridized carbons (Fsp3) is 0.375. The summed E-state index contributed by atoms with van der Waals surface area (Å²) in [4.78, 5) is 3.96. The lowest BCUT2D eigenvalue weighted by Gasteiger charge is -1.97. The summed E-state index contributed by atoms with van der Waals surface area (Å²) < 4.78 is 0. The molecule has 0 atom stereocenters. The topological polar surface area (TPSA) is 38.9 Å². The van der Waals surface area contributed by atoms with Gasteiger partial charge in [-0.25, -0.2) is 4.98 Å². The van der Waals surface area contributed by atoms with Crippen molar-refractivity contribution in [3.63, 3.8) is 0 Å². The van der Waals surface area contributed by atoms with Gasteiger partial charge in [0.25, 0.3) is 0 Å². The summed E-state index contributed by atoms with van der Waals surface area (Å²) in [6.45, 7) is 3.95. The average Bonchev–Trinajstić information content (AvgIpc) is 1.80. The third kappa shape index (κ3) is 1.72. The first-order valence-electron chi connectivity index (χ1n) is 2.89. The zero-order valence-electron chi connectivity index (χ0n) is 5.68. The molecule has 1 rings (SSSR count). The quantitative estimate of drug-likeness (QED) is 0.594. The average molecular weight is 138 g/mol. The Labute approximate surface area is 62.1 Å². The van der Waals surface area contributed by atoms with Gasteiger partial charge in [-0.05, 0) is 25.0 Å². The molecule has 0 radical (unpaired) electrons. The highest BCUT2D eigenvalue weighted by atomic mass is 14.8. The Morgan fingerprint density at radius 3 is 2.40 bits per heavy atom. The monoisotopic (exact) mass is 138 g/mol. The van der Waals surface area contributed by atoms with Crippen LogP contribution >= 0.6 is 0 Å². The summed E-state index contributed by atoms with van der Waals surface area (Å²) in [5.74, 6) is 0.626. The van der Waals surface area contributed by atoms with Gasteiger partial charge in [0.1, 0.15) is 5.82 Å². The van der Waals surface area contributed by atoms with E-state index in [0.717, 1.165) is 11.1 Å². The minimum absolute atomic E-state index is 0. The van der Waals surface area contributed by atoms with Crippen molar-refractivity contribution in [3.05, 3.63) is 23.4 Å². The van der Waals surface area contributed by atoms with Crippen LogP contribution in [-0.4, -0.2) is 4.98 Å². The molecule has 0 saturated heterocycles. The van der Waals surface area contributed by atoms with E-state index in [1.165, 1.54) is 0 Å². The standard InChI is InChI=1S/C7H10N2.CH4/c1-5-3-6(2)7(8)9-4-5;/h3-4H,1-2H3,(H2,8,9);1H4. The fourth-order valence-electron chi connectivity index (χ4n) is 0.726. The Morgan fingerprint density at radius 2 is 2.00 bits per heavy atom. The van der Waals surface area contributed by atoms with Crippen LogP contribution in [-0.2, 0) is 0 Å². The SMILES string of the molecule is C.Cc1cnc(N)c(C)c1. The third-order valence-corrected chi connectivity index (χ3v) is 1.26.